The second-order valence-corrected chi connectivity index (χ2v) is 8.55. The van der Waals surface area contributed by atoms with E-state index in [4.69, 9.17) is 30.5 Å². The van der Waals surface area contributed by atoms with Crippen molar-refractivity contribution in [3.63, 3.8) is 0 Å². The van der Waals surface area contributed by atoms with E-state index in [2.05, 4.69) is 0 Å². The van der Waals surface area contributed by atoms with E-state index in [0.29, 0.717) is 23.3 Å². The molecule has 1 aliphatic carbocycles. The molecule has 0 bridgehead atoms. The van der Waals surface area contributed by atoms with Gasteiger partial charge in [-0.05, 0) is 17.7 Å². The molecule has 2 aliphatic heterocycles. The Bertz CT molecular complexity index is 1210. The van der Waals surface area contributed by atoms with Gasteiger partial charge in [-0.25, -0.2) is 4.39 Å². The fraction of sp³-hybridized carbons (Fsp3) is 0.333. The van der Waals surface area contributed by atoms with Gasteiger partial charge in [0.2, 0.25) is 17.2 Å². The summed E-state index contributed by atoms with van der Waals surface area (Å²) in [6.45, 7) is 1.77. The zero-order valence-electron chi connectivity index (χ0n) is 17.7. The maximum absolute atomic E-state index is 13.8. The predicted molar refractivity (Wildman–Crippen MR) is 113 cm³/mol. The molecule has 0 fully saturated rings. The highest BCUT2D eigenvalue weighted by molar-refractivity contribution is 6.36. The molecule has 0 aromatic heterocycles. The third-order valence-electron chi connectivity index (χ3n) is 6.45. The third kappa shape index (κ3) is 2.70. The Morgan fingerprint density at radius 2 is 1.84 bits per heavy atom. The minimum absolute atomic E-state index is 0.0812. The van der Waals surface area contributed by atoms with E-state index in [1.807, 2.05) is 0 Å². The van der Waals surface area contributed by atoms with Gasteiger partial charge in [-0.1, -0.05) is 30.7 Å². The number of carbonyl (C=O) groups is 2. The minimum Gasteiger partial charge on any atom is -0.496 e. The molecule has 0 saturated carbocycles. The van der Waals surface area contributed by atoms with Crippen LogP contribution in [0.15, 0.2) is 41.7 Å². The van der Waals surface area contributed by atoms with Crippen LogP contribution in [-0.4, -0.2) is 31.4 Å². The van der Waals surface area contributed by atoms with Crippen LogP contribution in [0, 0.1) is 11.7 Å². The Kier molecular flexibility index (Phi) is 4.71. The van der Waals surface area contributed by atoms with Gasteiger partial charge < -0.3 is 18.9 Å². The summed E-state index contributed by atoms with van der Waals surface area (Å²) in [4.78, 5) is 27.4. The molecule has 1 spiro atoms. The molecule has 5 rings (SSSR count). The molecule has 0 amide bonds. The summed E-state index contributed by atoms with van der Waals surface area (Å²) < 4.78 is 36.5. The van der Waals surface area contributed by atoms with Crippen LogP contribution in [0.1, 0.15) is 41.8 Å². The number of ether oxygens (including phenoxy) is 4. The molecular weight excluding hydrogens is 439 g/mol. The maximum Gasteiger partial charge on any atom is 0.236 e. The number of hydrogen-bond donors (Lipinski definition) is 0. The molecule has 6 nitrogen and oxygen atoms in total. The average Bonchev–Trinajstić information content (AvgIpc) is 3.34. The van der Waals surface area contributed by atoms with Crippen molar-refractivity contribution in [2.45, 2.75) is 31.5 Å². The topological polar surface area (TPSA) is 71.1 Å². The van der Waals surface area contributed by atoms with Gasteiger partial charge in [-0.15, -0.1) is 0 Å². The van der Waals surface area contributed by atoms with Gasteiger partial charge in [0.25, 0.3) is 0 Å². The molecule has 0 radical (unpaired) electrons. The van der Waals surface area contributed by atoms with Gasteiger partial charge in [-0.3, -0.25) is 9.59 Å². The van der Waals surface area contributed by atoms with Crippen molar-refractivity contribution in [3.05, 3.63) is 63.6 Å². The van der Waals surface area contributed by atoms with Gasteiger partial charge in [0.1, 0.15) is 39.8 Å². The molecule has 0 unspecified atom stereocenters. The van der Waals surface area contributed by atoms with Crippen molar-refractivity contribution in [1.29, 1.82) is 0 Å². The second kappa shape index (κ2) is 7.24. The number of rotatable bonds is 3. The molecule has 3 atom stereocenters. The quantitative estimate of drug-likeness (QED) is 0.613. The molecule has 0 N–H and O–H groups in total. The number of allylic oxidation sites excluding steroid dienone is 1. The fourth-order valence-electron chi connectivity index (χ4n) is 4.81. The van der Waals surface area contributed by atoms with Crippen LogP contribution in [0.2, 0.25) is 5.02 Å². The summed E-state index contributed by atoms with van der Waals surface area (Å²) in [5.74, 6) is -0.751. The van der Waals surface area contributed by atoms with Crippen LogP contribution in [-0.2, 0) is 9.53 Å². The van der Waals surface area contributed by atoms with Crippen LogP contribution in [0.25, 0.3) is 0 Å². The molecule has 32 heavy (non-hydrogen) atoms. The van der Waals surface area contributed by atoms with Crippen molar-refractivity contribution in [1.82, 2.24) is 0 Å². The lowest BCUT2D eigenvalue weighted by Crippen LogP contribution is -2.56. The van der Waals surface area contributed by atoms with Crippen molar-refractivity contribution >= 4 is 23.2 Å². The first-order chi connectivity index (χ1) is 15.3. The highest BCUT2D eigenvalue weighted by Crippen LogP contribution is 2.55. The normalized spacial score (nSPS) is 26.0. The number of ketones is 2. The Morgan fingerprint density at radius 1 is 1.09 bits per heavy atom. The second-order valence-electron chi connectivity index (χ2n) is 8.17. The largest absolute Gasteiger partial charge is 0.496 e. The van der Waals surface area contributed by atoms with Gasteiger partial charge in [-0.2, -0.15) is 0 Å². The summed E-state index contributed by atoms with van der Waals surface area (Å²) in [5, 5.41) is 0.105. The van der Waals surface area contributed by atoms with Crippen molar-refractivity contribution in [2.24, 2.45) is 5.92 Å². The molecule has 3 aliphatic rings. The lowest BCUT2D eigenvalue weighted by molar-refractivity contribution is -0.130. The molecule has 0 saturated heterocycles. The smallest absolute Gasteiger partial charge is 0.236 e. The van der Waals surface area contributed by atoms with Gasteiger partial charge >= 0.3 is 0 Å². The third-order valence-corrected chi connectivity index (χ3v) is 6.80. The zero-order chi connectivity index (χ0) is 22.8. The van der Waals surface area contributed by atoms with Crippen LogP contribution >= 0.6 is 11.6 Å². The number of halogens is 2. The zero-order valence-corrected chi connectivity index (χ0v) is 18.4. The Labute approximate surface area is 188 Å². The number of hydrogen-bond acceptors (Lipinski definition) is 6. The van der Waals surface area contributed by atoms with Gasteiger partial charge in [0, 0.05) is 30.4 Å². The lowest BCUT2D eigenvalue weighted by atomic mass is 9.71. The van der Waals surface area contributed by atoms with Crippen molar-refractivity contribution < 1.29 is 32.9 Å². The summed E-state index contributed by atoms with van der Waals surface area (Å²) in [6, 6.07) is 7.58. The van der Waals surface area contributed by atoms with E-state index >= 15 is 0 Å². The first-order valence-electron chi connectivity index (χ1n) is 10.2. The van der Waals surface area contributed by atoms with E-state index in [1.54, 1.807) is 19.1 Å². The van der Waals surface area contributed by atoms with Crippen LogP contribution in [0.4, 0.5) is 4.39 Å². The van der Waals surface area contributed by atoms with E-state index in [9.17, 15) is 14.0 Å². The molecular formula is C24H20ClFO6. The van der Waals surface area contributed by atoms with Crippen molar-refractivity contribution in [3.8, 4) is 17.2 Å². The summed E-state index contributed by atoms with van der Waals surface area (Å²) >= 11 is 6.43. The first kappa shape index (κ1) is 20.8. The Hall–Kier alpha value is -3.06. The average molecular weight is 459 g/mol. The highest BCUT2D eigenvalue weighted by atomic mass is 35.5. The Morgan fingerprint density at radius 3 is 2.53 bits per heavy atom. The molecule has 8 heteroatoms. The van der Waals surface area contributed by atoms with Crippen molar-refractivity contribution in [2.75, 3.05) is 14.2 Å². The number of benzene rings is 2. The van der Waals surface area contributed by atoms with E-state index < -0.39 is 29.2 Å². The maximum atomic E-state index is 13.8. The first-order valence-corrected chi connectivity index (χ1v) is 10.6. The van der Waals surface area contributed by atoms with Crippen LogP contribution < -0.4 is 14.2 Å². The summed E-state index contributed by atoms with van der Waals surface area (Å²) in [7, 11) is 2.86. The van der Waals surface area contributed by atoms with Gasteiger partial charge in [0.15, 0.2) is 5.75 Å². The monoisotopic (exact) mass is 458 g/mol. The molecule has 2 aromatic carbocycles. The summed E-state index contributed by atoms with van der Waals surface area (Å²) in [5.41, 5.74) is -0.612. The SMILES string of the molecule is COc1cc(OC)c2c(c1Cl)O[C@@]1(C(=O)C3=C(C[C@H]1C)O[C@H](c1cccc(F)c1)C3)C2=O. The lowest BCUT2D eigenvalue weighted by Gasteiger charge is -2.35. The molecule has 166 valence electrons. The highest BCUT2D eigenvalue weighted by Gasteiger charge is 2.63. The number of carbonyl (C=O) groups excluding carboxylic acids is 2. The van der Waals surface area contributed by atoms with Gasteiger partial charge in [0.05, 0.1) is 14.2 Å². The molecule has 2 aromatic rings. The number of methoxy groups -OCH3 is 2. The summed E-state index contributed by atoms with van der Waals surface area (Å²) in [6.07, 6.45) is 0.0517. The number of fused-ring (bicyclic) bond motifs is 1. The minimum atomic E-state index is -1.76. The molecule has 2 heterocycles. The standard InChI is InChI=1S/C24H20ClFO6/c1-11-7-16-14(9-15(31-16)12-5-4-6-13(26)8-12)22(27)24(11)23(28)19-17(29-2)10-18(30-3)20(25)21(19)32-24/h4-6,8,10-11,15H,7,9H2,1-3H3/t11-,15+,24+/m1/s1. The van der Waals surface area contributed by atoms with Crippen LogP contribution in [0.3, 0.4) is 0 Å². The fourth-order valence-corrected chi connectivity index (χ4v) is 5.08. The Balaban J connectivity index is 1.55. The van der Waals surface area contributed by atoms with E-state index in [-0.39, 0.29) is 40.1 Å². The van der Waals surface area contributed by atoms with E-state index in [1.165, 1.54) is 32.4 Å². The number of Topliss-reactive ketones (excluding diaryl/α,β-unsaturated/α-hetero) is 2. The van der Waals surface area contributed by atoms with Crippen LogP contribution in [0.5, 0.6) is 17.2 Å². The predicted octanol–water partition coefficient (Wildman–Crippen LogP) is 4.83. The van der Waals surface area contributed by atoms with E-state index in [0.717, 1.165) is 0 Å².